The number of aldehydes is 1. The lowest BCUT2D eigenvalue weighted by Gasteiger charge is -1.88. The van der Waals surface area contributed by atoms with Crippen molar-refractivity contribution in [3.8, 4) is 0 Å². The van der Waals surface area contributed by atoms with E-state index in [1.165, 1.54) is 0 Å². The average molecular weight is 168 g/mol. The SMILES string of the molecule is O=C/C=C\C(=O)/C(O)=C/C=C\O. The fraction of sp³-hybridized carbons (Fsp3) is 0. The summed E-state index contributed by atoms with van der Waals surface area (Å²) in [5.41, 5.74) is 0. The van der Waals surface area contributed by atoms with Crippen LogP contribution in [0.1, 0.15) is 0 Å². The van der Waals surface area contributed by atoms with Gasteiger partial charge in [0.2, 0.25) is 5.78 Å². The summed E-state index contributed by atoms with van der Waals surface area (Å²) in [5, 5.41) is 17.0. The molecule has 0 unspecified atom stereocenters. The molecule has 0 saturated heterocycles. The molecule has 0 saturated carbocycles. The second kappa shape index (κ2) is 5.91. The molecule has 64 valence electrons. The van der Waals surface area contributed by atoms with Crippen LogP contribution < -0.4 is 0 Å². The molecule has 4 heteroatoms. The largest absolute Gasteiger partial charge is 0.516 e. The van der Waals surface area contributed by atoms with Crippen LogP contribution in [0, 0.1) is 0 Å². The molecule has 2 N–H and O–H groups in total. The Morgan fingerprint density at radius 2 is 1.92 bits per heavy atom. The highest BCUT2D eigenvalue weighted by Gasteiger charge is 1.99. The molecule has 0 rings (SSSR count). The molecule has 0 aromatic carbocycles. The lowest BCUT2D eigenvalue weighted by Crippen LogP contribution is -1.96. The molecule has 0 aliphatic rings. The summed E-state index contributed by atoms with van der Waals surface area (Å²) in [6, 6.07) is 0. The van der Waals surface area contributed by atoms with E-state index in [0.717, 1.165) is 24.3 Å². The van der Waals surface area contributed by atoms with Crippen molar-refractivity contribution in [2.24, 2.45) is 0 Å². The first-order valence-corrected chi connectivity index (χ1v) is 3.08. The topological polar surface area (TPSA) is 74.6 Å². The van der Waals surface area contributed by atoms with E-state index in [2.05, 4.69) is 0 Å². The number of rotatable bonds is 4. The van der Waals surface area contributed by atoms with Gasteiger partial charge in [-0.15, -0.1) is 0 Å². The summed E-state index contributed by atoms with van der Waals surface area (Å²) < 4.78 is 0. The molecule has 0 bridgehead atoms. The van der Waals surface area contributed by atoms with Crippen molar-refractivity contribution in [2.75, 3.05) is 0 Å². The van der Waals surface area contributed by atoms with Crippen molar-refractivity contribution in [1.82, 2.24) is 0 Å². The molecule has 0 aliphatic heterocycles. The molecule has 0 aromatic heterocycles. The van der Waals surface area contributed by atoms with Crippen molar-refractivity contribution in [3.63, 3.8) is 0 Å². The maximum atomic E-state index is 10.7. The lowest BCUT2D eigenvalue weighted by atomic mass is 10.3. The second-order valence-electron chi connectivity index (χ2n) is 1.75. The van der Waals surface area contributed by atoms with Crippen LogP contribution >= 0.6 is 0 Å². The van der Waals surface area contributed by atoms with Gasteiger partial charge in [-0.05, 0) is 24.3 Å². The standard InChI is InChI=1S/C8H8O4/c9-5-1-3-7(11)8(12)4-2-6-10/h1-6,9,11H/b4-2-,5-1-,7-3-. The zero-order chi connectivity index (χ0) is 9.40. The number of aliphatic hydroxyl groups excluding tert-OH is 2. The Balaban J connectivity index is 4.28. The smallest absolute Gasteiger partial charge is 0.220 e. The number of hydrogen-bond donors (Lipinski definition) is 2. The van der Waals surface area contributed by atoms with E-state index >= 15 is 0 Å². The van der Waals surface area contributed by atoms with E-state index in [-0.39, 0.29) is 0 Å². The Labute approximate surface area is 69.1 Å². The fourth-order valence-electron chi connectivity index (χ4n) is 0.428. The van der Waals surface area contributed by atoms with Crippen molar-refractivity contribution < 1.29 is 19.8 Å². The number of hydrogen-bond acceptors (Lipinski definition) is 4. The van der Waals surface area contributed by atoms with Gasteiger partial charge in [-0.1, -0.05) is 0 Å². The van der Waals surface area contributed by atoms with Gasteiger partial charge in [-0.25, -0.2) is 0 Å². The molecule has 0 atom stereocenters. The van der Waals surface area contributed by atoms with Gasteiger partial charge in [0.1, 0.15) is 6.29 Å². The second-order valence-corrected chi connectivity index (χ2v) is 1.75. The van der Waals surface area contributed by atoms with E-state index in [1.54, 1.807) is 0 Å². The predicted molar refractivity (Wildman–Crippen MR) is 42.7 cm³/mol. The van der Waals surface area contributed by atoms with Crippen LogP contribution in [-0.2, 0) is 9.59 Å². The summed E-state index contributed by atoms with van der Waals surface area (Å²) in [6.45, 7) is 0. The summed E-state index contributed by atoms with van der Waals surface area (Å²) in [5.74, 6) is -1.24. The van der Waals surface area contributed by atoms with Gasteiger partial charge in [0.25, 0.3) is 0 Å². The minimum absolute atomic E-state index is 0.424. The quantitative estimate of drug-likeness (QED) is 0.282. The maximum absolute atomic E-state index is 10.7. The molecule has 0 aromatic rings. The first-order chi connectivity index (χ1) is 5.72. The zero-order valence-corrected chi connectivity index (χ0v) is 6.18. The molecule has 0 radical (unpaired) electrons. The fourth-order valence-corrected chi connectivity index (χ4v) is 0.428. The highest BCUT2D eigenvalue weighted by molar-refractivity contribution is 6.03. The van der Waals surface area contributed by atoms with E-state index in [4.69, 9.17) is 10.2 Å². The van der Waals surface area contributed by atoms with E-state index in [0.29, 0.717) is 12.5 Å². The zero-order valence-electron chi connectivity index (χ0n) is 6.18. The van der Waals surface area contributed by atoms with Gasteiger partial charge in [0, 0.05) is 0 Å². The molecule has 0 aliphatic carbocycles. The molecular formula is C8H8O4. The van der Waals surface area contributed by atoms with E-state index < -0.39 is 11.5 Å². The minimum atomic E-state index is -0.694. The van der Waals surface area contributed by atoms with Crippen LogP contribution in [0.15, 0.2) is 36.3 Å². The molecule has 0 fully saturated rings. The van der Waals surface area contributed by atoms with Gasteiger partial charge in [0.15, 0.2) is 5.76 Å². The van der Waals surface area contributed by atoms with Gasteiger partial charge < -0.3 is 10.2 Å². The van der Waals surface area contributed by atoms with Crippen LogP contribution in [0.5, 0.6) is 0 Å². The Morgan fingerprint density at radius 3 is 2.42 bits per heavy atom. The molecule has 12 heavy (non-hydrogen) atoms. The third-order valence-electron chi connectivity index (χ3n) is 0.919. The van der Waals surface area contributed by atoms with Crippen LogP contribution in [0.3, 0.4) is 0 Å². The molecule has 0 amide bonds. The Hall–Kier alpha value is -1.84. The molecule has 4 nitrogen and oxygen atoms in total. The first kappa shape index (κ1) is 10.2. The van der Waals surface area contributed by atoms with Crippen LogP contribution in [0.25, 0.3) is 0 Å². The Bertz CT molecular complexity index is 248. The number of ketones is 1. The predicted octanol–water partition coefficient (Wildman–Crippen LogP) is 0.824. The highest BCUT2D eigenvalue weighted by Crippen LogP contribution is 1.92. The van der Waals surface area contributed by atoms with Crippen molar-refractivity contribution in [1.29, 1.82) is 0 Å². The van der Waals surface area contributed by atoms with Gasteiger partial charge >= 0.3 is 0 Å². The Kier molecular flexibility index (Phi) is 5.00. The van der Waals surface area contributed by atoms with Crippen LogP contribution in [0.4, 0.5) is 0 Å². The lowest BCUT2D eigenvalue weighted by molar-refractivity contribution is -0.114. The number of carbonyl (C=O) groups is 2. The summed E-state index contributed by atoms with van der Waals surface area (Å²) >= 11 is 0. The van der Waals surface area contributed by atoms with Crippen molar-refractivity contribution in [3.05, 3.63) is 36.3 Å². The third kappa shape index (κ3) is 4.05. The minimum Gasteiger partial charge on any atom is -0.516 e. The van der Waals surface area contributed by atoms with Crippen LogP contribution in [0.2, 0.25) is 0 Å². The average Bonchev–Trinajstić information content (AvgIpc) is 2.10. The monoisotopic (exact) mass is 168 g/mol. The van der Waals surface area contributed by atoms with Gasteiger partial charge in [-0.2, -0.15) is 0 Å². The Morgan fingerprint density at radius 1 is 1.25 bits per heavy atom. The maximum Gasteiger partial charge on any atom is 0.220 e. The highest BCUT2D eigenvalue weighted by atomic mass is 16.3. The van der Waals surface area contributed by atoms with Gasteiger partial charge in [0.05, 0.1) is 6.26 Å². The summed E-state index contributed by atoms with van der Waals surface area (Å²) in [7, 11) is 0. The van der Waals surface area contributed by atoms with Crippen molar-refractivity contribution in [2.45, 2.75) is 0 Å². The van der Waals surface area contributed by atoms with Gasteiger partial charge in [-0.3, -0.25) is 9.59 Å². The number of carbonyl (C=O) groups excluding carboxylic acids is 2. The molecule has 0 spiro atoms. The van der Waals surface area contributed by atoms with E-state index in [9.17, 15) is 9.59 Å². The van der Waals surface area contributed by atoms with Crippen LogP contribution in [-0.4, -0.2) is 22.3 Å². The number of aliphatic hydroxyl groups is 2. The normalized spacial score (nSPS) is 12.5. The molecular weight excluding hydrogens is 160 g/mol. The summed E-state index contributed by atoms with van der Waals surface area (Å²) in [6.07, 6.45) is 5.08. The van der Waals surface area contributed by atoms with Crippen molar-refractivity contribution >= 4 is 12.1 Å². The first-order valence-electron chi connectivity index (χ1n) is 3.08. The summed E-state index contributed by atoms with van der Waals surface area (Å²) in [4.78, 5) is 20.5. The number of allylic oxidation sites excluding steroid dienone is 4. The molecule has 0 heterocycles. The van der Waals surface area contributed by atoms with E-state index in [1.807, 2.05) is 0 Å². The third-order valence-corrected chi connectivity index (χ3v) is 0.919.